The summed E-state index contributed by atoms with van der Waals surface area (Å²) in [5, 5.41) is 13.7. The number of aromatic nitrogens is 4. The van der Waals surface area contributed by atoms with Gasteiger partial charge in [-0.1, -0.05) is 11.8 Å². The molecule has 1 aromatic heterocycles. The topological polar surface area (TPSA) is 69.9 Å². The maximum absolute atomic E-state index is 10.8. The van der Waals surface area contributed by atoms with Crippen molar-refractivity contribution in [1.82, 2.24) is 20.2 Å². The quantitative estimate of drug-likeness (QED) is 0.429. The Bertz CT molecular complexity index is 386. The van der Waals surface area contributed by atoms with Gasteiger partial charge in [-0.3, -0.25) is 0 Å². The number of esters is 1. The lowest BCUT2D eigenvalue weighted by Crippen LogP contribution is -1.98. The second-order valence-electron chi connectivity index (χ2n) is 3.08. The number of hydrogen-bond acceptors (Lipinski definition) is 6. The first kappa shape index (κ1) is 10.2. The molecule has 0 atom stereocenters. The van der Waals surface area contributed by atoms with E-state index in [0.717, 1.165) is 12.8 Å². The van der Waals surface area contributed by atoms with Gasteiger partial charge >= 0.3 is 5.97 Å². The van der Waals surface area contributed by atoms with E-state index in [9.17, 15) is 4.79 Å². The first-order valence-electron chi connectivity index (χ1n) is 4.50. The lowest BCUT2D eigenvalue weighted by Gasteiger charge is -1.97. The number of nitrogens with zero attached hydrogens (tertiary/aromatic N) is 4. The van der Waals surface area contributed by atoms with Crippen molar-refractivity contribution in [3.8, 4) is 0 Å². The number of thioether (sulfide) groups is 1. The Labute approximate surface area is 90.7 Å². The number of methoxy groups -OCH3 is 1. The number of carbonyl (C=O) groups excluding carboxylic acids is 1. The maximum Gasteiger partial charge on any atom is 0.330 e. The average Bonchev–Trinajstić information content (AvgIpc) is 2.99. The van der Waals surface area contributed by atoms with Crippen LogP contribution in [-0.4, -0.2) is 33.3 Å². The zero-order valence-corrected chi connectivity index (χ0v) is 8.98. The van der Waals surface area contributed by atoms with Crippen molar-refractivity contribution in [2.45, 2.75) is 24.0 Å². The van der Waals surface area contributed by atoms with Gasteiger partial charge in [0.2, 0.25) is 5.16 Å². The predicted octanol–water partition coefficient (Wildman–Crippen LogP) is 0.787. The Morgan fingerprint density at radius 1 is 1.67 bits per heavy atom. The molecular formula is C8H10N4O2S. The maximum atomic E-state index is 10.8. The molecule has 1 fully saturated rings. The molecule has 0 radical (unpaired) electrons. The normalized spacial score (nSPS) is 15.8. The lowest BCUT2D eigenvalue weighted by atomic mass is 10.7. The highest BCUT2D eigenvalue weighted by Gasteiger charge is 2.27. The molecule has 0 spiro atoms. The highest BCUT2D eigenvalue weighted by molar-refractivity contribution is 8.02. The molecule has 6 nitrogen and oxygen atoms in total. The monoisotopic (exact) mass is 226 g/mol. The third-order valence-corrected chi connectivity index (χ3v) is 2.69. The standard InChI is InChI=1S/C8H10N4O2S/c1-14-7(13)4-5-15-8-9-10-11-12(8)6-2-3-6/h4-6H,2-3H2,1H3. The van der Waals surface area contributed by atoms with Crippen molar-refractivity contribution in [3.05, 3.63) is 11.5 Å². The van der Waals surface area contributed by atoms with Crippen LogP contribution in [0.15, 0.2) is 16.6 Å². The Morgan fingerprint density at radius 3 is 3.13 bits per heavy atom. The molecule has 0 amide bonds. The summed E-state index contributed by atoms with van der Waals surface area (Å²) in [6.45, 7) is 0. The van der Waals surface area contributed by atoms with Crippen LogP contribution in [0.5, 0.6) is 0 Å². The van der Waals surface area contributed by atoms with Gasteiger partial charge in [0.05, 0.1) is 13.2 Å². The van der Waals surface area contributed by atoms with E-state index in [1.54, 1.807) is 10.1 Å². The molecule has 0 unspecified atom stereocenters. The predicted molar refractivity (Wildman–Crippen MR) is 53.1 cm³/mol. The molecule has 15 heavy (non-hydrogen) atoms. The molecule has 1 aromatic rings. The summed E-state index contributed by atoms with van der Waals surface area (Å²) in [6, 6.07) is 0.439. The van der Waals surface area contributed by atoms with E-state index in [0.29, 0.717) is 11.2 Å². The van der Waals surface area contributed by atoms with Crippen LogP contribution in [-0.2, 0) is 9.53 Å². The number of carbonyl (C=O) groups is 1. The molecule has 0 bridgehead atoms. The first-order chi connectivity index (χ1) is 7.31. The summed E-state index contributed by atoms with van der Waals surface area (Å²) in [5.74, 6) is -0.382. The smallest absolute Gasteiger partial charge is 0.330 e. The summed E-state index contributed by atoms with van der Waals surface area (Å²) in [7, 11) is 1.34. The number of hydrogen-bond donors (Lipinski definition) is 0. The molecule has 0 aliphatic heterocycles. The van der Waals surface area contributed by atoms with Gasteiger partial charge in [-0.25, -0.2) is 9.48 Å². The summed E-state index contributed by atoms with van der Waals surface area (Å²) in [4.78, 5) is 10.8. The Hall–Kier alpha value is -1.37. The number of tetrazole rings is 1. The van der Waals surface area contributed by atoms with Crippen LogP contribution in [0.2, 0.25) is 0 Å². The Morgan fingerprint density at radius 2 is 2.47 bits per heavy atom. The van der Waals surface area contributed by atoms with Gasteiger partial charge in [0.1, 0.15) is 0 Å². The molecule has 7 heteroatoms. The SMILES string of the molecule is COC(=O)C=CSc1nnnn1C1CC1. The largest absolute Gasteiger partial charge is 0.466 e. The van der Waals surface area contributed by atoms with E-state index < -0.39 is 0 Å². The van der Waals surface area contributed by atoms with Crippen molar-refractivity contribution in [3.63, 3.8) is 0 Å². The average molecular weight is 226 g/mol. The first-order valence-corrected chi connectivity index (χ1v) is 5.38. The third-order valence-electron chi connectivity index (χ3n) is 1.93. The van der Waals surface area contributed by atoms with E-state index in [4.69, 9.17) is 0 Å². The van der Waals surface area contributed by atoms with Gasteiger partial charge in [0.15, 0.2) is 0 Å². The van der Waals surface area contributed by atoms with Gasteiger partial charge in [-0.05, 0) is 28.7 Å². The minimum Gasteiger partial charge on any atom is -0.466 e. The van der Waals surface area contributed by atoms with Crippen LogP contribution in [0.1, 0.15) is 18.9 Å². The second kappa shape index (κ2) is 4.43. The van der Waals surface area contributed by atoms with Crippen LogP contribution in [0.25, 0.3) is 0 Å². The van der Waals surface area contributed by atoms with E-state index in [1.165, 1.54) is 24.9 Å². The minimum atomic E-state index is -0.382. The van der Waals surface area contributed by atoms with Crippen molar-refractivity contribution in [2.24, 2.45) is 0 Å². The summed E-state index contributed by atoms with van der Waals surface area (Å²) in [6.07, 6.45) is 3.59. The Kier molecular flexibility index (Phi) is 3.00. The molecule has 0 aromatic carbocycles. The van der Waals surface area contributed by atoms with E-state index in [2.05, 4.69) is 20.3 Å². The molecule has 1 aliphatic rings. The third kappa shape index (κ3) is 2.56. The molecular weight excluding hydrogens is 216 g/mol. The van der Waals surface area contributed by atoms with Crippen LogP contribution >= 0.6 is 11.8 Å². The summed E-state index contributed by atoms with van der Waals surface area (Å²) >= 11 is 1.31. The number of rotatable bonds is 4. The van der Waals surface area contributed by atoms with E-state index in [1.807, 2.05) is 0 Å². The fourth-order valence-corrected chi connectivity index (χ4v) is 1.71. The number of ether oxygens (including phenoxy) is 1. The molecule has 1 aliphatic carbocycles. The zero-order valence-electron chi connectivity index (χ0n) is 8.16. The van der Waals surface area contributed by atoms with Gasteiger partial charge in [0.25, 0.3) is 0 Å². The fraction of sp³-hybridized carbons (Fsp3) is 0.500. The summed E-state index contributed by atoms with van der Waals surface area (Å²) < 4.78 is 6.25. The molecule has 80 valence electrons. The van der Waals surface area contributed by atoms with Crippen molar-refractivity contribution in [1.29, 1.82) is 0 Å². The molecule has 1 heterocycles. The molecule has 1 saturated carbocycles. The van der Waals surface area contributed by atoms with Gasteiger partial charge in [0, 0.05) is 6.08 Å². The van der Waals surface area contributed by atoms with Crippen molar-refractivity contribution < 1.29 is 9.53 Å². The fourth-order valence-electron chi connectivity index (χ4n) is 1.03. The lowest BCUT2D eigenvalue weighted by molar-refractivity contribution is -0.134. The second-order valence-corrected chi connectivity index (χ2v) is 3.95. The van der Waals surface area contributed by atoms with Crippen molar-refractivity contribution in [2.75, 3.05) is 7.11 Å². The molecule has 0 saturated heterocycles. The van der Waals surface area contributed by atoms with E-state index in [-0.39, 0.29) is 5.97 Å². The van der Waals surface area contributed by atoms with Crippen LogP contribution < -0.4 is 0 Å². The van der Waals surface area contributed by atoms with Crippen LogP contribution in [0, 0.1) is 0 Å². The van der Waals surface area contributed by atoms with Crippen molar-refractivity contribution >= 4 is 17.7 Å². The minimum absolute atomic E-state index is 0.382. The van der Waals surface area contributed by atoms with E-state index >= 15 is 0 Å². The molecule has 2 rings (SSSR count). The van der Waals surface area contributed by atoms with Gasteiger partial charge < -0.3 is 4.74 Å². The highest BCUT2D eigenvalue weighted by Crippen LogP contribution is 2.36. The van der Waals surface area contributed by atoms with Gasteiger partial charge in [-0.2, -0.15) is 0 Å². The summed E-state index contributed by atoms with van der Waals surface area (Å²) in [5.41, 5.74) is 0. The molecule has 0 N–H and O–H groups in total. The van der Waals surface area contributed by atoms with Crippen LogP contribution in [0.3, 0.4) is 0 Å². The van der Waals surface area contributed by atoms with Gasteiger partial charge in [-0.15, -0.1) is 5.10 Å². The Balaban J connectivity index is 1.95. The highest BCUT2D eigenvalue weighted by atomic mass is 32.2. The zero-order chi connectivity index (χ0) is 10.7. The van der Waals surface area contributed by atoms with Crippen LogP contribution in [0.4, 0.5) is 0 Å².